The Labute approximate surface area is 111 Å². The second kappa shape index (κ2) is 5.38. The molecule has 4 heteroatoms. The van der Waals surface area contributed by atoms with Crippen molar-refractivity contribution in [3.05, 3.63) is 52.7 Å². The molecule has 0 saturated heterocycles. The van der Waals surface area contributed by atoms with Crippen LogP contribution in [0.4, 0.5) is 0 Å². The van der Waals surface area contributed by atoms with E-state index >= 15 is 0 Å². The van der Waals surface area contributed by atoms with E-state index in [1.54, 1.807) is 31.3 Å². The van der Waals surface area contributed by atoms with Gasteiger partial charge in [-0.05, 0) is 43.7 Å². The van der Waals surface area contributed by atoms with Gasteiger partial charge < -0.3 is 9.84 Å². The second-order valence-electron chi connectivity index (χ2n) is 4.11. The molecule has 0 amide bonds. The number of rotatable bonds is 3. The van der Waals surface area contributed by atoms with E-state index in [-0.39, 0.29) is 0 Å². The van der Waals surface area contributed by atoms with Crippen molar-refractivity contribution in [2.24, 2.45) is 0 Å². The van der Waals surface area contributed by atoms with Gasteiger partial charge in [-0.15, -0.1) is 0 Å². The highest BCUT2D eigenvalue weighted by molar-refractivity contribution is 6.32. The molecule has 0 unspecified atom stereocenters. The van der Waals surface area contributed by atoms with Gasteiger partial charge in [0.1, 0.15) is 5.75 Å². The number of hydrogen-bond acceptors (Lipinski definition) is 3. The predicted octanol–water partition coefficient (Wildman–Crippen LogP) is 3.89. The van der Waals surface area contributed by atoms with E-state index in [0.717, 1.165) is 5.56 Å². The highest BCUT2D eigenvalue weighted by Gasteiger charge is 2.12. The zero-order chi connectivity index (χ0) is 13.1. The maximum Gasteiger partial charge on any atom is 0.225 e. The summed E-state index contributed by atoms with van der Waals surface area (Å²) in [5, 5.41) is 10.2. The molecular weight excluding hydrogens is 250 g/mol. The van der Waals surface area contributed by atoms with E-state index in [1.165, 1.54) is 0 Å². The number of nitrogens with zero attached hydrogens (tertiary/aromatic N) is 1. The van der Waals surface area contributed by atoms with Crippen LogP contribution in [0.1, 0.15) is 24.2 Å². The number of benzene rings is 1. The predicted molar refractivity (Wildman–Crippen MR) is 71.1 cm³/mol. The van der Waals surface area contributed by atoms with Gasteiger partial charge in [0.05, 0.1) is 11.1 Å². The van der Waals surface area contributed by atoms with Gasteiger partial charge in [0.25, 0.3) is 0 Å². The van der Waals surface area contributed by atoms with Crippen molar-refractivity contribution in [2.45, 2.75) is 20.0 Å². The minimum atomic E-state index is -0.641. The molecule has 0 aliphatic heterocycles. The Kier molecular flexibility index (Phi) is 3.84. The third-order valence-corrected chi connectivity index (χ3v) is 2.86. The molecule has 0 fully saturated rings. The van der Waals surface area contributed by atoms with Crippen LogP contribution in [0.2, 0.25) is 5.02 Å². The van der Waals surface area contributed by atoms with Crippen molar-refractivity contribution in [1.82, 2.24) is 4.98 Å². The van der Waals surface area contributed by atoms with Crippen molar-refractivity contribution in [3.8, 4) is 11.6 Å². The number of pyridine rings is 1. The standard InChI is InChI=1S/C14H14ClNO2/c1-9-5-6-12(15)13(8-9)18-14-11(10(2)17)4-3-7-16-14/h3-8,10,17H,1-2H3/t10-/m0/s1. The lowest BCUT2D eigenvalue weighted by Crippen LogP contribution is -1.98. The second-order valence-corrected chi connectivity index (χ2v) is 4.52. The van der Waals surface area contributed by atoms with Crippen LogP contribution in [-0.4, -0.2) is 10.1 Å². The first-order chi connectivity index (χ1) is 8.58. The number of ether oxygens (including phenoxy) is 1. The Morgan fingerprint density at radius 2 is 2.11 bits per heavy atom. The molecule has 1 aromatic heterocycles. The summed E-state index contributed by atoms with van der Waals surface area (Å²) in [6.45, 7) is 3.62. The number of halogens is 1. The molecule has 0 aliphatic rings. The zero-order valence-corrected chi connectivity index (χ0v) is 11.0. The molecule has 0 spiro atoms. The number of aromatic nitrogens is 1. The van der Waals surface area contributed by atoms with Crippen molar-refractivity contribution < 1.29 is 9.84 Å². The molecule has 0 saturated carbocycles. The van der Waals surface area contributed by atoms with Gasteiger partial charge in [0.15, 0.2) is 0 Å². The smallest absolute Gasteiger partial charge is 0.225 e. The lowest BCUT2D eigenvalue weighted by Gasteiger charge is -2.12. The average molecular weight is 264 g/mol. The molecule has 0 radical (unpaired) electrons. The van der Waals surface area contributed by atoms with Crippen LogP contribution in [0.3, 0.4) is 0 Å². The third-order valence-electron chi connectivity index (χ3n) is 2.54. The summed E-state index contributed by atoms with van der Waals surface area (Å²) in [7, 11) is 0. The van der Waals surface area contributed by atoms with Crippen molar-refractivity contribution >= 4 is 11.6 Å². The number of aliphatic hydroxyl groups is 1. The first-order valence-corrected chi connectivity index (χ1v) is 6.02. The summed E-state index contributed by atoms with van der Waals surface area (Å²) < 4.78 is 5.68. The minimum absolute atomic E-state index is 0.375. The lowest BCUT2D eigenvalue weighted by molar-refractivity contribution is 0.194. The Morgan fingerprint density at radius 1 is 1.33 bits per heavy atom. The summed E-state index contributed by atoms with van der Waals surface area (Å²) in [5.74, 6) is 0.914. The van der Waals surface area contributed by atoms with E-state index in [2.05, 4.69) is 4.98 Å². The summed E-state index contributed by atoms with van der Waals surface area (Å²) in [6.07, 6.45) is 0.975. The highest BCUT2D eigenvalue weighted by Crippen LogP contribution is 2.32. The SMILES string of the molecule is Cc1ccc(Cl)c(Oc2ncccc2[C@H](C)O)c1. The average Bonchev–Trinajstić information content (AvgIpc) is 2.34. The molecule has 2 aromatic rings. The van der Waals surface area contributed by atoms with Crippen LogP contribution in [0.25, 0.3) is 0 Å². The molecule has 3 nitrogen and oxygen atoms in total. The molecule has 0 bridgehead atoms. The Morgan fingerprint density at radius 3 is 2.83 bits per heavy atom. The summed E-state index contributed by atoms with van der Waals surface area (Å²) in [5.41, 5.74) is 1.68. The summed E-state index contributed by atoms with van der Waals surface area (Å²) in [4.78, 5) is 4.13. The molecular formula is C14H14ClNO2. The maximum atomic E-state index is 9.65. The third kappa shape index (κ3) is 2.81. The molecule has 1 heterocycles. The van der Waals surface area contributed by atoms with Crippen LogP contribution >= 0.6 is 11.6 Å². The quantitative estimate of drug-likeness (QED) is 0.914. The maximum absolute atomic E-state index is 9.65. The van der Waals surface area contributed by atoms with Crippen LogP contribution in [0.5, 0.6) is 11.6 Å². The number of aryl methyl sites for hydroxylation is 1. The molecule has 94 valence electrons. The normalized spacial score (nSPS) is 12.2. The summed E-state index contributed by atoms with van der Waals surface area (Å²) in [6, 6.07) is 9.05. The molecule has 0 aliphatic carbocycles. The van der Waals surface area contributed by atoms with Gasteiger partial charge in [-0.1, -0.05) is 17.7 Å². The van der Waals surface area contributed by atoms with Crippen LogP contribution < -0.4 is 4.74 Å². The number of hydrogen-bond donors (Lipinski definition) is 1. The largest absolute Gasteiger partial charge is 0.437 e. The molecule has 2 rings (SSSR count). The topological polar surface area (TPSA) is 42.4 Å². The van der Waals surface area contributed by atoms with E-state index in [4.69, 9.17) is 16.3 Å². The van der Waals surface area contributed by atoms with Crippen molar-refractivity contribution in [2.75, 3.05) is 0 Å². The Balaban J connectivity index is 2.37. The van der Waals surface area contributed by atoms with E-state index in [9.17, 15) is 5.11 Å². The van der Waals surface area contributed by atoms with Gasteiger partial charge in [0, 0.05) is 11.8 Å². The van der Waals surface area contributed by atoms with Gasteiger partial charge in [0.2, 0.25) is 5.88 Å². The van der Waals surface area contributed by atoms with Gasteiger partial charge >= 0.3 is 0 Å². The van der Waals surface area contributed by atoms with Crippen LogP contribution in [-0.2, 0) is 0 Å². The van der Waals surface area contributed by atoms with Gasteiger partial charge in [-0.2, -0.15) is 0 Å². The zero-order valence-electron chi connectivity index (χ0n) is 10.2. The van der Waals surface area contributed by atoms with Crippen LogP contribution in [0, 0.1) is 6.92 Å². The first-order valence-electron chi connectivity index (χ1n) is 5.65. The van der Waals surface area contributed by atoms with E-state index in [0.29, 0.717) is 22.2 Å². The van der Waals surface area contributed by atoms with Crippen LogP contribution in [0.15, 0.2) is 36.5 Å². The first kappa shape index (κ1) is 12.9. The van der Waals surface area contributed by atoms with Crippen molar-refractivity contribution in [1.29, 1.82) is 0 Å². The fraction of sp³-hybridized carbons (Fsp3) is 0.214. The molecule has 18 heavy (non-hydrogen) atoms. The Hall–Kier alpha value is -1.58. The van der Waals surface area contributed by atoms with E-state index in [1.807, 2.05) is 19.1 Å². The monoisotopic (exact) mass is 263 g/mol. The fourth-order valence-corrected chi connectivity index (χ4v) is 1.76. The van der Waals surface area contributed by atoms with Gasteiger partial charge in [-0.25, -0.2) is 4.98 Å². The Bertz CT molecular complexity index is 555. The number of aliphatic hydroxyl groups excluding tert-OH is 1. The molecule has 1 atom stereocenters. The fourth-order valence-electron chi connectivity index (χ4n) is 1.60. The minimum Gasteiger partial charge on any atom is -0.437 e. The van der Waals surface area contributed by atoms with Crippen molar-refractivity contribution in [3.63, 3.8) is 0 Å². The van der Waals surface area contributed by atoms with Gasteiger partial charge in [-0.3, -0.25) is 0 Å². The lowest BCUT2D eigenvalue weighted by atomic mass is 10.2. The molecule has 1 N–H and O–H groups in total. The summed E-state index contributed by atoms with van der Waals surface area (Å²) >= 11 is 6.06. The highest BCUT2D eigenvalue weighted by atomic mass is 35.5. The van der Waals surface area contributed by atoms with E-state index < -0.39 is 6.10 Å². The molecule has 1 aromatic carbocycles.